The zero-order valence-electron chi connectivity index (χ0n) is 10.4. The maximum atomic E-state index is 12.0. The summed E-state index contributed by atoms with van der Waals surface area (Å²) in [5.74, 6) is 0.286. The highest BCUT2D eigenvalue weighted by Gasteiger charge is 2.20. The number of carbonyl (C=O) groups excluding carboxylic acids is 1. The summed E-state index contributed by atoms with van der Waals surface area (Å²) in [6.07, 6.45) is 0. The lowest BCUT2D eigenvalue weighted by Crippen LogP contribution is -2.13. The molecule has 2 aromatic rings. The van der Waals surface area contributed by atoms with Crippen LogP contribution in [-0.4, -0.2) is 26.8 Å². The van der Waals surface area contributed by atoms with Crippen LogP contribution in [0.5, 0.6) is 0 Å². The fourth-order valence-corrected chi connectivity index (χ4v) is 3.08. The number of amides is 1. The zero-order valence-corrected chi connectivity index (χ0v) is 12.0. The third-order valence-electron chi connectivity index (χ3n) is 2.24. The number of anilines is 1. The average Bonchev–Trinajstić information content (AvgIpc) is 2.86. The second-order valence-corrected chi connectivity index (χ2v) is 6.02. The quantitative estimate of drug-likeness (QED) is 0.394. The molecule has 0 saturated carbocycles. The van der Waals surface area contributed by atoms with Crippen molar-refractivity contribution in [3.05, 3.63) is 39.9 Å². The van der Waals surface area contributed by atoms with Gasteiger partial charge in [-0.1, -0.05) is 42.2 Å². The topological polar surface area (TPSA) is 98.0 Å². The number of nitrogens with zero attached hydrogens (tertiary/aromatic N) is 3. The van der Waals surface area contributed by atoms with Crippen LogP contribution in [0.15, 0.2) is 28.6 Å². The van der Waals surface area contributed by atoms with Crippen LogP contribution in [0, 0.1) is 10.1 Å². The van der Waals surface area contributed by atoms with E-state index in [1.165, 1.54) is 41.3 Å². The Morgan fingerprint density at radius 1 is 1.45 bits per heavy atom. The molecule has 0 aliphatic heterocycles. The number of rotatable bonds is 5. The number of aromatic nitrogens is 2. The van der Waals surface area contributed by atoms with E-state index in [1.54, 1.807) is 6.07 Å². The predicted octanol–water partition coefficient (Wildman–Crippen LogP) is 2.81. The second-order valence-electron chi connectivity index (χ2n) is 3.53. The summed E-state index contributed by atoms with van der Waals surface area (Å²) >= 11 is 2.75. The summed E-state index contributed by atoms with van der Waals surface area (Å²) in [6, 6.07) is 5.76. The van der Waals surface area contributed by atoms with E-state index in [2.05, 4.69) is 15.5 Å². The van der Waals surface area contributed by atoms with E-state index in [-0.39, 0.29) is 11.3 Å². The summed E-state index contributed by atoms with van der Waals surface area (Å²) in [5.41, 5.74) is -0.241. The smallest absolute Gasteiger partial charge is 0.282 e. The van der Waals surface area contributed by atoms with Crippen molar-refractivity contribution in [2.75, 3.05) is 11.1 Å². The number of nitro benzene ring substituents is 1. The lowest BCUT2D eigenvalue weighted by atomic mass is 10.1. The molecule has 2 rings (SSSR count). The minimum atomic E-state index is -0.590. The normalized spacial score (nSPS) is 10.2. The number of nitrogens with one attached hydrogen (secondary N) is 1. The summed E-state index contributed by atoms with van der Waals surface area (Å²) in [7, 11) is 0. The molecule has 9 heteroatoms. The van der Waals surface area contributed by atoms with Gasteiger partial charge in [-0.25, -0.2) is 0 Å². The first-order valence-electron chi connectivity index (χ1n) is 5.63. The van der Waals surface area contributed by atoms with E-state index < -0.39 is 10.8 Å². The molecule has 0 radical (unpaired) electrons. The summed E-state index contributed by atoms with van der Waals surface area (Å²) < 4.78 is 0.741. The second kappa shape index (κ2) is 6.44. The Morgan fingerprint density at radius 3 is 2.90 bits per heavy atom. The van der Waals surface area contributed by atoms with Crippen molar-refractivity contribution in [1.82, 2.24) is 10.2 Å². The third kappa shape index (κ3) is 3.31. The Labute approximate surface area is 122 Å². The van der Waals surface area contributed by atoms with Crippen molar-refractivity contribution >= 4 is 39.8 Å². The van der Waals surface area contributed by atoms with Crippen molar-refractivity contribution in [3.8, 4) is 0 Å². The standard InChI is InChI=1S/C11H10N4O3S2/c1-2-19-11-14-13-10(20-11)12-9(16)7-5-3-4-6-8(7)15(17)18/h3-6H,2H2,1H3,(H,12,13,16). The molecule has 0 fully saturated rings. The molecule has 0 aliphatic rings. The van der Waals surface area contributed by atoms with Gasteiger partial charge in [0.1, 0.15) is 5.56 Å². The Morgan fingerprint density at radius 2 is 2.20 bits per heavy atom. The van der Waals surface area contributed by atoms with E-state index in [0.29, 0.717) is 5.13 Å². The molecule has 0 saturated heterocycles. The third-order valence-corrected chi connectivity index (χ3v) is 4.09. The van der Waals surface area contributed by atoms with Gasteiger partial charge in [-0.05, 0) is 11.8 Å². The molecule has 20 heavy (non-hydrogen) atoms. The van der Waals surface area contributed by atoms with Gasteiger partial charge in [0.2, 0.25) is 5.13 Å². The molecular weight excluding hydrogens is 300 g/mol. The minimum Gasteiger partial charge on any atom is -0.296 e. The van der Waals surface area contributed by atoms with Gasteiger partial charge in [0.25, 0.3) is 11.6 Å². The molecule has 0 aliphatic carbocycles. The largest absolute Gasteiger partial charge is 0.296 e. The molecule has 0 spiro atoms. The summed E-state index contributed by atoms with van der Waals surface area (Å²) in [4.78, 5) is 22.3. The number of carbonyl (C=O) groups is 1. The maximum absolute atomic E-state index is 12.0. The van der Waals surface area contributed by atoms with Gasteiger partial charge in [0.15, 0.2) is 4.34 Å². The van der Waals surface area contributed by atoms with Crippen LogP contribution in [-0.2, 0) is 0 Å². The van der Waals surface area contributed by atoms with Gasteiger partial charge in [-0.2, -0.15) is 0 Å². The van der Waals surface area contributed by atoms with E-state index in [0.717, 1.165) is 10.1 Å². The molecule has 1 amide bonds. The van der Waals surface area contributed by atoms with Crippen LogP contribution in [0.2, 0.25) is 0 Å². The fourth-order valence-electron chi connectivity index (χ4n) is 1.43. The first kappa shape index (κ1) is 14.4. The highest BCUT2D eigenvalue weighted by molar-refractivity contribution is 8.01. The summed E-state index contributed by atoms with van der Waals surface area (Å²) in [5, 5.41) is 21.4. The Bertz CT molecular complexity index is 644. The number of hydrogen-bond acceptors (Lipinski definition) is 7. The Kier molecular flexibility index (Phi) is 4.64. The van der Waals surface area contributed by atoms with E-state index in [1.807, 2.05) is 6.92 Å². The van der Waals surface area contributed by atoms with Crippen molar-refractivity contribution in [2.24, 2.45) is 0 Å². The molecule has 1 aromatic heterocycles. The highest BCUT2D eigenvalue weighted by atomic mass is 32.2. The predicted molar refractivity (Wildman–Crippen MR) is 77.4 cm³/mol. The molecular formula is C11H10N4O3S2. The van der Waals surface area contributed by atoms with Gasteiger partial charge < -0.3 is 0 Å². The minimum absolute atomic E-state index is 0.00241. The van der Waals surface area contributed by atoms with Gasteiger partial charge in [0, 0.05) is 6.07 Å². The number of para-hydroxylation sites is 1. The maximum Gasteiger partial charge on any atom is 0.282 e. The molecule has 1 heterocycles. The highest BCUT2D eigenvalue weighted by Crippen LogP contribution is 2.26. The van der Waals surface area contributed by atoms with Crippen LogP contribution in [0.25, 0.3) is 0 Å². The molecule has 0 bridgehead atoms. The van der Waals surface area contributed by atoms with Crippen molar-refractivity contribution < 1.29 is 9.72 Å². The summed E-state index contributed by atoms with van der Waals surface area (Å²) in [6.45, 7) is 1.98. The first-order valence-corrected chi connectivity index (χ1v) is 7.43. The zero-order chi connectivity index (χ0) is 14.5. The van der Waals surface area contributed by atoms with Crippen LogP contribution < -0.4 is 5.32 Å². The number of benzene rings is 1. The molecule has 7 nitrogen and oxygen atoms in total. The van der Waals surface area contributed by atoms with Crippen molar-refractivity contribution in [2.45, 2.75) is 11.3 Å². The SMILES string of the molecule is CCSc1nnc(NC(=O)c2ccccc2[N+](=O)[O-])s1. The lowest BCUT2D eigenvalue weighted by Gasteiger charge is -2.01. The molecule has 0 unspecified atom stereocenters. The number of thioether (sulfide) groups is 1. The van der Waals surface area contributed by atoms with Gasteiger partial charge in [-0.15, -0.1) is 10.2 Å². The Hall–Kier alpha value is -2.00. The van der Waals surface area contributed by atoms with Crippen LogP contribution in [0.4, 0.5) is 10.8 Å². The number of hydrogen-bond donors (Lipinski definition) is 1. The average molecular weight is 310 g/mol. The van der Waals surface area contributed by atoms with E-state index in [4.69, 9.17) is 0 Å². The molecule has 104 valence electrons. The van der Waals surface area contributed by atoms with E-state index in [9.17, 15) is 14.9 Å². The van der Waals surface area contributed by atoms with Crippen LogP contribution >= 0.6 is 23.1 Å². The fraction of sp³-hybridized carbons (Fsp3) is 0.182. The Balaban J connectivity index is 2.17. The first-order chi connectivity index (χ1) is 9.61. The molecule has 0 atom stereocenters. The monoisotopic (exact) mass is 310 g/mol. The van der Waals surface area contributed by atoms with Gasteiger partial charge >= 0.3 is 0 Å². The van der Waals surface area contributed by atoms with Crippen LogP contribution in [0.1, 0.15) is 17.3 Å². The number of nitro groups is 1. The van der Waals surface area contributed by atoms with Crippen molar-refractivity contribution in [3.63, 3.8) is 0 Å². The molecule has 1 aromatic carbocycles. The van der Waals surface area contributed by atoms with Crippen molar-refractivity contribution in [1.29, 1.82) is 0 Å². The van der Waals surface area contributed by atoms with Crippen LogP contribution in [0.3, 0.4) is 0 Å². The lowest BCUT2D eigenvalue weighted by molar-refractivity contribution is -0.385. The molecule has 1 N–H and O–H groups in total. The van der Waals surface area contributed by atoms with Gasteiger partial charge in [-0.3, -0.25) is 20.2 Å². The van der Waals surface area contributed by atoms with Gasteiger partial charge in [0.05, 0.1) is 4.92 Å². The van der Waals surface area contributed by atoms with E-state index >= 15 is 0 Å².